The molecule has 2 aliphatic heterocycles. The van der Waals surface area contributed by atoms with E-state index in [0.717, 1.165) is 26.1 Å². The SMILES string of the molecule is CC(C)c1ccc(CCNC(=O)CN2CCCC2CN2CCCCC2)cc1. The highest BCUT2D eigenvalue weighted by atomic mass is 16.2. The highest BCUT2D eigenvalue weighted by Gasteiger charge is 2.28. The van der Waals surface area contributed by atoms with Gasteiger partial charge < -0.3 is 10.2 Å². The number of piperidine rings is 1. The molecule has 2 heterocycles. The largest absolute Gasteiger partial charge is 0.355 e. The number of hydrogen-bond donors (Lipinski definition) is 1. The fourth-order valence-electron chi connectivity index (χ4n) is 4.41. The topological polar surface area (TPSA) is 35.6 Å². The van der Waals surface area contributed by atoms with Gasteiger partial charge in [0.15, 0.2) is 0 Å². The minimum atomic E-state index is 0.180. The Balaban J connectivity index is 1.37. The molecule has 1 atom stereocenters. The number of hydrogen-bond acceptors (Lipinski definition) is 3. The molecular formula is C23H37N3O. The molecule has 4 nitrogen and oxygen atoms in total. The molecule has 2 aliphatic rings. The Morgan fingerprint density at radius 2 is 1.81 bits per heavy atom. The molecule has 0 bridgehead atoms. The molecular weight excluding hydrogens is 334 g/mol. The van der Waals surface area contributed by atoms with Crippen LogP contribution in [0.25, 0.3) is 0 Å². The molecule has 4 heteroatoms. The molecule has 27 heavy (non-hydrogen) atoms. The van der Waals surface area contributed by atoms with Gasteiger partial charge >= 0.3 is 0 Å². The molecule has 0 aromatic heterocycles. The smallest absolute Gasteiger partial charge is 0.234 e. The molecule has 1 amide bonds. The van der Waals surface area contributed by atoms with E-state index in [1.165, 1.54) is 56.3 Å². The lowest BCUT2D eigenvalue weighted by Crippen LogP contribution is -2.46. The van der Waals surface area contributed by atoms with Gasteiger partial charge in [-0.2, -0.15) is 0 Å². The average molecular weight is 372 g/mol. The van der Waals surface area contributed by atoms with Crippen molar-refractivity contribution in [3.05, 3.63) is 35.4 Å². The number of amides is 1. The maximum absolute atomic E-state index is 12.4. The number of nitrogens with zero attached hydrogens (tertiary/aromatic N) is 2. The first-order valence-corrected chi connectivity index (χ1v) is 10.9. The predicted molar refractivity (Wildman–Crippen MR) is 112 cm³/mol. The third-order valence-electron chi connectivity index (χ3n) is 6.15. The van der Waals surface area contributed by atoms with Crippen molar-refractivity contribution in [1.29, 1.82) is 0 Å². The van der Waals surface area contributed by atoms with Crippen LogP contribution in [0, 0.1) is 0 Å². The van der Waals surface area contributed by atoms with Gasteiger partial charge in [0.25, 0.3) is 0 Å². The van der Waals surface area contributed by atoms with Crippen molar-refractivity contribution in [1.82, 2.24) is 15.1 Å². The van der Waals surface area contributed by atoms with Crippen LogP contribution in [-0.2, 0) is 11.2 Å². The van der Waals surface area contributed by atoms with Gasteiger partial charge in [-0.15, -0.1) is 0 Å². The highest BCUT2D eigenvalue weighted by molar-refractivity contribution is 5.78. The van der Waals surface area contributed by atoms with Crippen molar-refractivity contribution in [2.75, 3.05) is 39.3 Å². The lowest BCUT2D eigenvalue weighted by Gasteiger charge is -2.32. The summed E-state index contributed by atoms with van der Waals surface area (Å²) < 4.78 is 0. The third-order valence-corrected chi connectivity index (χ3v) is 6.15. The summed E-state index contributed by atoms with van der Waals surface area (Å²) in [7, 11) is 0. The van der Waals surface area contributed by atoms with Crippen LogP contribution in [0.1, 0.15) is 63.0 Å². The van der Waals surface area contributed by atoms with E-state index in [4.69, 9.17) is 0 Å². The fourth-order valence-corrected chi connectivity index (χ4v) is 4.41. The molecule has 1 N–H and O–H groups in total. The number of carbonyl (C=O) groups is 1. The predicted octanol–water partition coefficient (Wildman–Crippen LogP) is 3.42. The molecule has 2 saturated heterocycles. The van der Waals surface area contributed by atoms with E-state index in [-0.39, 0.29) is 5.91 Å². The Bertz CT molecular complexity index is 578. The van der Waals surface area contributed by atoms with Gasteiger partial charge in [-0.05, 0) is 68.8 Å². The second-order valence-corrected chi connectivity index (χ2v) is 8.62. The zero-order chi connectivity index (χ0) is 19.1. The summed E-state index contributed by atoms with van der Waals surface area (Å²) >= 11 is 0. The van der Waals surface area contributed by atoms with Gasteiger partial charge in [0.2, 0.25) is 5.91 Å². The Morgan fingerprint density at radius 3 is 2.52 bits per heavy atom. The summed E-state index contributed by atoms with van der Waals surface area (Å²) in [6.07, 6.45) is 7.44. The first-order valence-electron chi connectivity index (χ1n) is 10.9. The van der Waals surface area contributed by atoms with E-state index in [0.29, 0.717) is 18.5 Å². The van der Waals surface area contributed by atoms with Gasteiger partial charge in [0, 0.05) is 19.1 Å². The standard InChI is InChI=1S/C23H37N3O/c1-19(2)21-10-8-20(9-11-21)12-13-24-23(27)18-26-16-6-7-22(26)17-25-14-4-3-5-15-25/h8-11,19,22H,3-7,12-18H2,1-2H3,(H,24,27). The summed E-state index contributed by atoms with van der Waals surface area (Å²) in [4.78, 5) is 17.4. The molecule has 1 unspecified atom stereocenters. The molecule has 3 rings (SSSR count). The van der Waals surface area contributed by atoms with Crippen molar-refractivity contribution in [2.45, 2.75) is 64.3 Å². The average Bonchev–Trinajstić information content (AvgIpc) is 3.09. The zero-order valence-corrected chi connectivity index (χ0v) is 17.3. The van der Waals surface area contributed by atoms with E-state index in [2.05, 4.69) is 53.2 Å². The van der Waals surface area contributed by atoms with E-state index in [9.17, 15) is 4.79 Å². The summed E-state index contributed by atoms with van der Waals surface area (Å²) in [6, 6.07) is 9.36. The summed E-state index contributed by atoms with van der Waals surface area (Å²) in [5, 5.41) is 3.13. The molecule has 0 spiro atoms. The number of carbonyl (C=O) groups excluding carboxylic acids is 1. The summed E-state index contributed by atoms with van der Waals surface area (Å²) in [5.41, 5.74) is 2.67. The molecule has 0 aliphatic carbocycles. The van der Waals surface area contributed by atoms with Crippen molar-refractivity contribution < 1.29 is 4.79 Å². The van der Waals surface area contributed by atoms with Crippen LogP contribution < -0.4 is 5.32 Å². The van der Waals surface area contributed by atoms with Gasteiger partial charge in [0.05, 0.1) is 6.54 Å². The lowest BCUT2D eigenvalue weighted by molar-refractivity contribution is -0.122. The van der Waals surface area contributed by atoms with Crippen molar-refractivity contribution in [3.63, 3.8) is 0 Å². The summed E-state index contributed by atoms with van der Waals surface area (Å²) in [6.45, 7) is 10.4. The molecule has 1 aromatic rings. The molecule has 150 valence electrons. The van der Waals surface area contributed by atoms with Crippen LogP contribution in [-0.4, -0.2) is 61.0 Å². The lowest BCUT2D eigenvalue weighted by atomic mass is 10.0. The van der Waals surface area contributed by atoms with E-state index in [1.807, 2.05) is 0 Å². The minimum Gasteiger partial charge on any atom is -0.355 e. The van der Waals surface area contributed by atoms with Crippen LogP contribution in [0.5, 0.6) is 0 Å². The highest BCUT2D eigenvalue weighted by Crippen LogP contribution is 2.20. The van der Waals surface area contributed by atoms with E-state index >= 15 is 0 Å². The Morgan fingerprint density at radius 1 is 1.07 bits per heavy atom. The maximum Gasteiger partial charge on any atom is 0.234 e. The van der Waals surface area contributed by atoms with Gasteiger partial charge in [-0.3, -0.25) is 9.69 Å². The molecule has 0 saturated carbocycles. The van der Waals surface area contributed by atoms with Gasteiger partial charge in [-0.1, -0.05) is 44.5 Å². The Hall–Kier alpha value is -1.39. The Kier molecular flexibility index (Phi) is 7.71. The van der Waals surface area contributed by atoms with Gasteiger partial charge in [-0.25, -0.2) is 0 Å². The molecule has 1 aromatic carbocycles. The summed E-state index contributed by atoms with van der Waals surface area (Å²) in [5.74, 6) is 0.747. The third kappa shape index (κ3) is 6.32. The second kappa shape index (κ2) is 10.2. The molecule has 0 radical (unpaired) electrons. The van der Waals surface area contributed by atoms with Crippen LogP contribution in [0.3, 0.4) is 0 Å². The van der Waals surface area contributed by atoms with Crippen molar-refractivity contribution in [2.24, 2.45) is 0 Å². The molecule has 2 fully saturated rings. The number of rotatable bonds is 8. The van der Waals surface area contributed by atoms with E-state index in [1.54, 1.807) is 0 Å². The van der Waals surface area contributed by atoms with Crippen LogP contribution in [0.4, 0.5) is 0 Å². The van der Waals surface area contributed by atoms with Gasteiger partial charge in [0.1, 0.15) is 0 Å². The number of nitrogens with one attached hydrogen (secondary N) is 1. The monoisotopic (exact) mass is 371 g/mol. The zero-order valence-electron chi connectivity index (χ0n) is 17.3. The van der Waals surface area contributed by atoms with Crippen molar-refractivity contribution >= 4 is 5.91 Å². The Labute approximate surface area is 165 Å². The van der Waals surface area contributed by atoms with Crippen LogP contribution >= 0.6 is 0 Å². The van der Waals surface area contributed by atoms with Crippen LogP contribution in [0.15, 0.2) is 24.3 Å². The first-order chi connectivity index (χ1) is 13.1. The quantitative estimate of drug-likeness (QED) is 0.761. The minimum absolute atomic E-state index is 0.180. The fraction of sp³-hybridized carbons (Fsp3) is 0.696. The normalized spacial score (nSPS) is 21.7. The maximum atomic E-state index is 12.4. The van der Waals surface area contributed by atoms with E-state index < -0.39 is 0 Å². The first kappa shape index (κ1) is 20.3. The van der Waals surface area contributed by atoms with Crippen molar-refractivity contribution in [3.8, 4) is 0 Å². The van der Waals surface area contributed by atoms with Crippen LogP contribution in [0.2, 0.25) is 0 Å². The number of likely N-dealkylation sites (tertiary alicyclic amines) is 2. The second-order valence-electron chi connectivity index (χ2n) is 8.62. The number of benzene rings is 1.